The number of hydrogen-bond donors (Lipinski definition) is 2. The molecule has 0 aliphatic carbocycles. The van der Waals surface area contributed by atoms with Crippen molar-refractivity contribution < 1.29 is 14.6 Å². The Morgan fingerprint density at radius 2 is 2.14 bits per heavy atom. The zero-order valence-corrected chi connectivity index (χ0v) is 8.15. The van der Waals surface area contributed by atoms with Gasteiger partial charge in [0.15, 0.2) is 0 Å². The average molecular weight is 195 g/mol. The molecule has 14 heavy (non-hydrogen) atoms. The number of methoxy groups -OCH3 is 1. The zero-order valence-electron chi connectivity index (χ0n) is 8.15. The molecule has 1 aromatic carbocycles. The van der Waals surface area contributed by atoms with Crippen LogP contribution in [-0.2, 0) is 4.79 Å². The zero-order chi connectivity index (χ0) is 10.6. The number of carbonyl (C=O) groups is 1. The van der Waals surface area contributed by atoms with Gasteiger partial charge in [-0.3, -0.25) is 4.79 Å². The van der Waals surface area contributed by atoms with Crippen molar-refractivity contribution in [3.8, 4) is 5.75 Å². The van der Waals surface area contributed by atoms with E-state index in [9.17, 15) is 4.79 Å². The van der Waals surface area contributed by atoms with E-state index in [1.807, 2.05) is 12.1 Å². The van der Waals surface area contributed by atoms with Crippen molar-refractivity contribution in [2.75, 3.05) is 12.4 Å². The van der Waals surface area contributed by atoms with Crippen LogP contribution in [0.2, 0.25) is 0 Å². The first-order valence-corrected chi connectivity index (χ1v) is 4.27. The van der Waals surface area contributed by atoms with Gasteiger partial charge in [-0.25, -0.2) is 0 Å². The molecule has 4 nitrogen and oxygen atoms in total. The maximum Gasteiger partial charge on any atom is 0.325 e. The van der Waals surface area contributed by atoms with Gasteiger partial charge in [0.25, 0.3) is 0 Å². The minimum absolute atomic E-state index is 0.633. The van der Waals surface area contributed by atoms with E-state index in [0.717, 1.165) is 0 Å². The number of carboxylic acid groups (broad SMARTS) is 1. The third-order valence-electron chi connectivity index (χ3n) is 1.85. The lowest BCUT2D eigenvalue weighted by Crippen LogP contribution is -2.25. The molecule has 0 spiro atoms. The summed E-state index contributed by atoms with van der Waals surface area (Å²) in [6, 6.07) is 6.57. The molecule has 0 amide bonds. The molecule has 0 radical (unpaired) electrons. The molecule has 76 valence electrons. The van der Waals surface area contributed by atoms with E-state index in [-0.39, 0.29) is 0 Å². The fraction of sp³-hybridized carbons (Fsp3) is 0.300. The van der Waals surface area contributed by atoms with Crippen molar-refractivity contribution in [1.29, 1.82) is 0 Å². The number of benzene rings is 1. The molecule has 0 saturated heterocycles. The number of ether oxygens (including phenoxy) is 1. The summed E-state index contributed by atoms with van der Waals surface area (Å²) in [6.45, 7) is 1.58. The summed E-state index contributed by atoms with van der Waals surface area (Å²) in [5.74, 6) is -0.253. The molecule has 0 bridgehead atoms. The van der Waals surface area contributed by atoms with Gasteiger partial charge in [-0.1, -0.05) is 12.1 Å². The Labute approximate surface area is 82.5 Å². The van der Waals surface area contributed by atoms with Crippen LogP contribution < -0.4 is 10.1 Å². The monoisotopic (exact) mass is 195 g/mol. The van der Waals surface area contributed by atoms with Gasteiger partial charge in [-0.2, -0.15) is 0 Å². The number of hydrogen-bond acceptors (Lipinski definition) is 3. The van der Waals surface area contributed by atoms with Gasteiger partial charge >= 0.3 is 5.97 Å². The van der Waals surface area contributed by atoms with E-state index in [1.54, 1.807) is 26.2 Å². The Morgan fingerprint density at radius 1 is 1.50 bits per heavy atom. The van der Waals surface area contributed by atoms with E-state index in [2.05, 4.69) is 5.32 Å². The molecular formula is C10H13NO3. The molecule has 0 aliphatic heterocycles. The predicted molar refractivity (Wildman–Crippen MR) is 53.7 cm³/mol. The minimum atomic E-state index is -0.893. The molecule has 1 aromatic rings. The molecule has 1 rings (SSSR count). The van der Waals surface area contributed by atoms with Crippen molar-refractivity contribution in [2.45, 2.75) is 13.0 Å². The molecule has 0 heterocycles. The highest BCUT2D eigenvalue weighted by molar-refractivity contribution is 5.77. The first-order chi connectivity index (χ1) is 6.65. The smallest absolute Gasteiger partial charge is 0.325 e. The quantitative estimate of drug-likeness (QED) is 0.765. The number of carboxylic acids is 1. The second-order valence-corrected chi connectivity index (χ2v) is 2.90. The van der Waals surface area contributed by atoms with E-state index in [1.165, 1.54) is 0 Å². The number of rotatable bonds is 4. The third-order valence-corrected chi connectivity index (χ3v) is 1.85. The SMILES string of the molecule is COc1ccccc1NC(C)C(=O)O. The molecule has 0 saturated carbocycles. The lowest BCUT2D eigenvalue weighted by atomic mass is 10.2. The fourth-order valence-electron chi connectivity index (χ4n) is 1.06. The van der Waals surface area contributed by atoms with Crippen LogP contribution in [0.5, 0.6) is 5.75 Å². The summed E-state index contributed by atoms with van der Waals surface area (Å²) in [7, 11) is 1.55. The maximum atomic E-state index is 10.6. The Kier molecular flexibility index (Phi) is 3.34. The second kappa shape index (κ2) is 4.50. The lowest BCUT2D eigenvalue weighted by Gasteiger charge is -2.13. The third kappa shape index (κ3) is 2.39. The highest BCUT2D eigenvalue weighted by atomic mass is 16.5. The Hall–Kier alpha value is -1.71. The van der Waals surface area contributed by atoms with Gasteiger partial charge in [0.2, 0.25) is 0 Å². The topological polar surface area (TPSA) is 58.6 Å². The Balaban J connectivity index is 2.80. The van der Waals surface area contributed by atoms with Gasteiger partial charge in [0.05, 0.1) is 12.8 Å². The number of nitrogens with one attached hydrogen (secondary N) is 1. The van der Waals surface area contributed by atoms with Crippen LogP contribution in [0.4, 0.5) is 5.69 Å². The number of aliphatic carboxylic acids is 1. The Morgan fingerprint density at radius 3 is 2.71 bits per heavy atom. The molecule has 0 fully saturated rings. The lowest BCUT2D eigenvalue weighted by molar-refractivity contribution is -0.137. The van der Waals surface area contributed by atoms with Crippen LogP contribution in [-0.4, -0.2) is 24.2 Å². The summed E-state index contributed by atoms with van der Waals surface area (Å²) in [5.41, 5.74) is 0.685. The molecular weight excluding hydrogens is 182 g/mol. The summed E-state index contributed by atoms with van der Waals surface area (Å²) in [5, 5.41) is 11.5. The van der Waals surface area contributed by atoms with Crippen LogP contribution in [0.3, 0.4) is 0 Å². The van der Waals surface area contributed by atoms with Gasteiger partial charge in [0, 0.05) is 0 Å². The maximum absolute atomic E-state index is 10.6. The fourth-order valence-corrected chi connectivity index (χ4v) is 1.06. The van der Waals surface area contributed by atoms with Crippen LogP contribution in [0.15, 0.2) is 24.3 Å². The highest BCUT2D eigenvalue weighted by Crippen LogP contribution is 2.23. The molecule has 1 unspecified atom stereocenters. The summed E-state index contributed by atoms with van der Waals surface area (Å²) in [4.78, 5) is 10.6. The average Bonchev–Trinajstić information content (AvgIpc) is 2.18. The highest BCUT2D eigenvalue weighted by Gasteiger charge is 2.11. The summed E-state index contributed by atoms with van der Waals surface area (Å²) in [6.07, 6.45) is 0. The normalized spacial score (nSPS) is 11.9. The Bertz CT molecular complexity index is 325. The van der Waals surface area contributed by atoms with Crippen molar-refractivity contribution in [2.24, 2.45) is 0 Å². The predicted octanol–water partition coefficient (Wildman–Crippen LogP) is 1.58. The van der Waals surface area contributed by atoms with Crippen LogP contribution >= 0.6 is 0 Å². The van der Waals surface area contributed by atoms with Gasteiger partial charge in [-0.05, 0) is 19.1 Å². The van der Waals surface area contributed by atoms with Gasteiger partial charge in [0.1, 0.15) is 11.8 Å². The first kappa shape index (κ1) is 10.4. The number of para-hydroxylation sites is 2. The molecule has 0 aromatic heterocycles. The number of anilines is 1. The molecule has 1 atom stereocenters. The van der Waals surface area contributed by atoms with Crippen LogP contribution in [0.1, 0.15) is 6.92 Å². The van der Waals surface area contributed by atoms with Crippen molar-refractivity contribution >= 4 is 11.7 Å². The minimum Gasteiger partial charge on any atom is -0.495 e. The second-order valence-electron chi connectivity index (χ2n) is 2.90. The van der Waals surface area contributed by atoms with Crippen molar-refractivity contribution in [3.63, 3.8) is 0 Å². The molecule has 2 N–H and O–H groups in total. The van der Waals surface area contributed by atoms with E-state index in [0.29, 0.717) is 11.4 Å². The molecule has 0 aliphatic rings. The van der Waals surface area contributed by atoms with Gasteiger partial charge < -0.3 is 15.2 Å². The van der Waals surface area contributed by atoms with Gasteiger partial charge in [-0.15, -0.1) is 0 Å². The molecule has 4 heteroatoms. The summed E-state index contributed by atoms with van der Waals surface area (Å²) < 4.78 is 5.07. The first-order valence-electron chi connectivity index (χ1n) is 4.27. The standard InChI is InChI=1S/C10H13NO3/c1-7(10(12)13)11-8-5-3-4-6-9(8)14-2/h3-7,11H,1-2H3,(H,12,13). The van der Waals surface area contributed by atoms with Crippen molar-refractivity contribution in [1.82, 2.24) is 0 Å². The van der Waals surface area contributed by atoms with Crippen molar-refractivity contribution in [3.05, 3.63) is 24.3 Å². The van der Waals surface area contributed by atoms with E-state index >= 15 is 0 Å². The largest absolute Gasteiger partial charge is 0.495 e. The van der Waals surface area contributed by atoms with Crippen LogP contribution in [0.25, 0.3) is 0 Å². The van der Waals surface area contributed by atoms with E-state index < -0.39 is 12.0 Å². The van der Waals surface area contributed by atoms with Crippen LogP contribution in [0, 0.1) is 0 Å². The van der Waals surface area contributed by atoms with E-state index in [4.69, 9.17) is 9.84 Å². The summed E-state index contributed by atoms with van der Waals surface area (Å²) >= 11 is 0.